The van der Waals surface area contributed by atoms with Crippen molar-refractivity contribution in [3.05, 3.63) is 186 Å². The highest BCUT2D eigenvalue weighted by Crippen LogP contribution is 2.40. The van der Waals surface area contributed by atoms with Crippen molar-refractivity contribution in [1.29, 1.82) is 0 Å². The molecule has 0 radical (unpaired) electrons. The van der Waals surface area contributed by atoms with Crippen LogP contribution in [0.2, 0.25) is 5.02 Å². The highest BCUT2D eigenvalue weighted by molar-refractivity contribution is 6.33. The molecule has 0 aliphatic rings. The number of ether oxygens (including phenoxy) is 1. The summed E-state index contributed by atoms with van der Waals surface area (Å²) in [6.45, 7) is 3.52. The molecule has 0 N–H and O–H groups in total. The number of ketones is 1. The molecule has 7 rings (SSSR count). The van der Waals surface area contributed by atoms with Crippen LogP contribution in [0.5, 0.6) is 0 Å². The van der Waals surface area contributed by atoms with Crippen LogP contribution in [0.4, 0.5) is 17.1 Å². The summed E-state index contributed by atoms with van der Waals surface area (Å²) in [5.41, 5.74) is 11.0. The number of carbonyl (C=O) groups is 2. The fraction of sp³-hybridized carbons (Fsp3) is 0.0638. The van der Waals surface area contributed by atoms with Crippen LogP contribution in [-0.4, -0.2) is 18.4 Å². The van der Waals surface area contributed by atoms with E-state index in [2.05, 4.69) is 77.7 Å². The fourth-order valence-corrected chi connectivity index (χ4v) is 6.75. The summed E-state index contributed by atoms with van der Waals surface area (Å²) in [5.74, 6) is -0.601. The molecule has 0 heterocycles. The molecular weight excluding hydrogens is 662 g/mol. The Labute approximate surface area is 309 Å². The number of nitrogens with zero attached hydrogens (tertiary/aromatic N) is 1. The van der Waals surface area contributed by atoms with Gasteiger partial charge in [-0.05, 0) is 107 Å². The molecule has 0 bridgehead atoms. The summed E-state index contributed by atoms with van der Waals surface area (Å²) >= 11 is 6.59. The van der Waals surface area contributed by atoms with Crippen molar-refractivity contribution in [3.63, 3.8) is 0 Å². The Morgan fingerprint density at radius 2 is 0.923 bits per heavy atom. The van der Waals surface area contributed by atoms with E-state index in [1.165, 1.54) is 6.92 Å². The summed E-state index contributed by atoms with van der Waals surface area (Å²) in [6, 6.07) is 56.6. The first-order chi connectivity index (χ1) is 25.4. The van der Waals surface area contributed by atoms with E-state index < -0.39 is 5.97 Å². The van der Waals surface area contributed by atoms with E-state index in [-0.39, 0.29) is 12.4 Å². The summed E-state index contributed by atoms with van der Waals surface area (Å²) in [5, 5.41) is 0.480. The van der Waals surface area contributed by atoms with Gasteiger partial charge in [-0.25, -0.2) is 4.79 Å². The van der Waals surface area contributed by atoms with E-state index in [1.807, 2.05) is 78.9 Å². The lowest BCUT2D eigenvalue weighted by Crippen LogP contribution is -2.10. The predicted octanol–water partition coefficient (Wildman–Crippen LogP) is 12.9. The number of rotatable bonds is 10. The van der Waals surface area contributed by atoms with Crippen LogP contribution in [0.3, 0.4) is 0 Å². The molecule has 0 aromatic heterocycles. The van der Waals surface area contributed by atoms with E-state index in [1.54, 1.807) is 25.1 Å². The lowest BCUT2D eigenvalue weighted by atomic mass is 9.89. The van der Waals surface area contributed by atoms with E-state index in [9.17, 15) is 9.59 Å². The standard InChI is InChI=1S/C47H36ClNO3/c1-3-52-47(51)45-31-43(42(32(2)50)30-44(45)41-16-10-11-17-46(41)48)37-22-28-40(29-23-37)49(38-24-18-35(19-25-38)33-12-6-4-7-13-33)39-26-20-36(21-27-39)34-14-8-5-9-15-34/h4-31H,3H2,1-2H3. The van der Waals surface area contributed by atoms with Crippen LogP contribution in [0.25, 0.3) is 44.5 Å². The van der Waals surface area contributed by atoms with E-state index in [4.69, 9.17) is 16.3 Å². The minimum atomic E-state index is -0.477. The monoisotopic (exact) mass is 697 g/mol. The van der Waals surface area contributed by atoms with Crippen LogP contribution in [0.15, 0.2) is 170 Å². The van der Waals surface area contributed by atoms with Gasteiger partial charge in [0.2, 0.25) is 0 Å². The number of esters is 1. The Morgan fingerprint density at radius 1 is 0.500 bits per heavy atom. The van der Waals surface area contributed by atoms with Gasteiger partial charge in [0.1, 0.15) is 0 Å². The second kappa shape index (κ2) is 15.3. The lowest BCUT2D eigenvalue weighted by molar-refractivity contribution is 0.0527. The number of halogens is 1. The van der Waals surface area contributed by atoms with Gasteiger partial charge in [-0.1, -0.05) is 127 Å². The van der Waals surface area contributed by atoms with Gasteiger partial charge in [-0.15, -0.1) is 0 Å². The van der Waals surface area contributed by atoms with Gasteiger partial charge in [-0.2, -0.15) is 0 Å². The minimum Gasteiger partial charge on any atom is -0.462 e. The number of carbonyl (C=O) groups excluding carboxylic acids is 2. The van der Waals surface area contributed by atoms with Crippen molar-refractivity contribution < 1.29 is 14.3 Å². The smallest absolute Gasteiger partial charge is 0.338 e. The third-order valence-electron chi connectivity index (χ3n) is 9.10. The first-order valence-electron chi connectivity index (χ1n) is 17.2. The molecule has 0 fully saturated rings. The third-order valence-corrected chi connectivity index (χ3v) is 9.43. The van der Waals surface area contributed by atoms with Crippen molar-refractivity contribution >= 4 is 40.4 Å². The first kappa shape index (κ1) is 34.2. The molecule has 4 nitrogen and oxygen atoms in total. The molecule has 0 spiro atoms. The second-order valence-corrected chi connectivity index (χ2v) is 12.8. The fourth-order valence-electron chi connectivity index (χ4n) is 6.51. The Kier molecular flexibility index (Phi) is 10.1. The van der Waals surface area contributed by atoms with Crippen molar-refractivity contribution in [2.24, 2.45) is 0 Å². The second-order valence-electron chi connectivity index (χ2n) is 12.4. The van der Waals surface area contributed by atoms with Crippen LogP contribution in [0.1, 0.15) is 34.6 Å². The van der Waals surface area contributed by atoms with Crippen LogP contribution in [0, 0.1) is 0 Å². The maximum absolute atomic E-state index is 13.3. The summed E-state index contributed by atoms with van der Waals surface area (Å²) in [6.07, 6.45) is 0. The van der Waals surface area contributed by atoms with Crippen molar-refractivity contribution in [1.82, 2.24) is 0 Å². The van der Waals surface area contributed by atoms with Gasteiger partial charge in [0, 0.05) is 33.2 Å². The number of benzene rings is 7. The van der Waals surface area contributed by atoms with Gasteiger partial charge in [0.15, 0.2) is 5.78 Å². The Morgan fingerprint density at radius 3 is 1.38 bits per heavy atom. The van der Waals surface area contributed by atoms with E-state index in [0.717, 1.165) is 44.9 Å². The Bertz CT molecular complexity index is 2250. The molecule has 0 amide bonds. The van der Waals surface area contributed by atoms with Crippen molar-refractivity contribution in [2.75, 3.05) is 11.5 Å². The number of anilines is 3. The number of hydrogen-bond donors (Lipinski definition) is 0. The molecule has 0 unspecified atom stereocenters. The Balaban J connectivity index is 1.31. The lowest BCUT2D eigenvalue weighted by Gasteiger charge is -2.26. The summed E-state index contributed by atoms with van der Waals surface area (Å²) in [4.78, 5) is 28.7. The predicted molar refractivity (Wildman–Crippen MR) is 214 cm³/mol. The molecule has 5 heteroatoms. The van der Waals surface area contributed by atoms with Gasteiger partial charge >= 0.3 is 5.97 Å². The number of Topliss-reactive ketones (excluding diaryl/α,β-unsaturated/α-hetero) is 1. The zero-order valence-corrected chi connectivity index (χ0v) is 29.7. The maximum atomic E-state index is 13.3. The van der Waals surface area contributed by atoms with Gasteiger partial charge in [0.25, 0.3) is 0 Å². The largest absolute Gasteiger partial charge is 0.462 e. The van der Waals surface area contributed by atoms with Crippen molar-refractivity contribution in [2.45, 2.75) is 13.8 Å². The third kappa shape index (κ3) is 7.16. The molecule has 0 aliphatic heterocycles. The molecule has 52 heavy (non-hydrogen) atoms. The average molecular weight is 698 g/mol. The zero-order valence-electron chi connectivity index (χ0n) is 28.9. The zero-order chi connectivity index (χ0) is 36.0. The molecule has 0 saturated carbocycles. The highest BCUT2D eigenvalue weighted by atomic mass is 35.5. The molecule has 7 aromatic carbocycles. The topological polar surface area (TPSA) is 46.6 Å². The average Bonchev–Trinajstić information content (AvgIpc) is 3.19. The van der Waals surface area contributed by atoms with Gasteiger partial charge in [0.05, 0.1) is 12.2 Å². The molecule has 254 valence electrons. The number of hydrogen-bond acceptors (Lipinski definition) is 4. The molecular formula is C47H36ClNO3. The molecule has 0 atom stereocenters. The van der Waals surface area contributed by atoms with Gasteiger partial charge < -0.3 is 9.64 Å². The molecule has 7 aromatic rings. The summed E-state index contributed by atoms with van der Waals surface area (Å²) < 4.78 is 5.47. The first-order valence-corrected chi connectivity index (χ1v) is 17.6. The Hall–Kier alpha value is -6.23. The molecule has 0 aliphatic carbocycles. The van der Waals surface area contributed by atoms with Crippen molar-refractivity contribution in [3.8, 4) is 44.5 Å². The molecule has 0 saturated heterocycles. The highest BCUT2D eigenvalue weighted by Gasteiger charge is 2.22. The van der Waals surface area contributed by atoms with E-state index in [0.29, 0.717) is 32.8 Å². The van der Waals surface area contributed by atoms with Crippen LogP contribution >= 0.6 is 11.6 Å². The normalized spacial score (nSPS) is 10.8. The van der Waals surface area contributed by atoms with Gasteiger partial charge in [-0.3, -0.25) is 4.79 Å². The SMILES string of the molecule is CCOC(=O)c1cc(-c2ccc(N(c3ccc(-c4ccccc4)cc3)c3ccc(-c4ccccc4)cc3)cc2)c(C(C)=O)cc1-c1ccccc1Cl. The van der Waals surface area contributed by atoms with E-state index >= 15 is 0 Å². The minimum absolute atomic E-state index is 0.124. The summed E-state index contributed by atoms with van der Waals surface area (Å²) in [7, 11) is 0. The quantitative estimate of drug-likeness (QED) is 0.105. The van der Waals surface area contributed by atoms with Crippen LogP contribution < -0.4 is 4.90 Å². The van der Waals surface area contributed by atoms with Crippen LogP contribution in [-0.2, 0) is 4.74 Å². The maximum Gasteiger partial charge on any atom is 0.338 e.